The molecule has 1 unspecified atom stereocenters. The summed E-state index contributed by atoms with van der Waals surface area (Å²) in [5.74, 6) is 1.03. The van der Waals surface area contributed by atoms with Crippen molar-refractivity contribution in [3.8, 4) is 0 Å². The first kappa shape index (κ1) is 9.72. The molecule has 1 rings (SSSR count). The molecule has 1 atom stereocenters. The lowest BCUT2D eigenvalue weighted by Gasteiger charge is -2.28. The fraction of sp³-hybridized carbons (Fsp3) is 0.900. The Morgan fingerprint density at radius 1 is 1.33 bits per heavy atom. The molecule has 2 nitrogen and oxygen atoms in total. The summed E-state index contributed by atoms with van der Waals surface area (Å²) in [6.45, 7) is 3.52. The molecule has 0 aromatic carbocycles. The number of hydrogen-bond donors (Lipinski definition) is 1. The van der Waals surface area contributed by atoms with Gasteiger partial charge >= 0.3 is 0 Å². The Balaban J connectivity index is 2.34. The van der Waals surface area contributed by atoms with Crippen LogP contribution in [-0.2, 0) is 4.79 Å². The Bertz CT molecular complexity index is 155. The second-order valence-electron chi connectivity index (χ2n) is 3.96. The molecule has 1 saturated carbocycles. The van der Waals surface area contributed by atoms with Gasteiger partial charge in [0.15, 0.2) is 0 Å². The first-order valence-corrected chi connectivity index (χ1v) is 4.79. The number of rotatable bonds is 2. The number of hydrogen-bond acceptors (Lipinski definition) is 2. The minimum Gasteiger partial charge on any atom is -0.393 e. The van der Waals surface area contributed by atoms with Crippen LogP contribution in [0.25, 0.3) is 0 Å². The molecule has 0 spiro atoms. The highest BCUT2D eigenvalue weighted by atomic mass is 16.3. The molecule has 70 valence electrons. The average molecular weight is 170 g/mol. The van der Waals surface area contributed by atoms with E-state index in [1.54, 1.807) is 6.92 Å². The van der Waals surface area contributed by atoms with E-state index in [-0.39, 0.29) is 12.0 Å². The van der Waals surface area contributed by atoms with E-state index in [0.29, 0.717) is 11.7 Å². The first-order chi connectivity index (χ1) is 5.61. The van der Waals surface area contributed by atoms with Crippen molar-refractivity contribution in [3.63, 3.8) is 0 Å². The Kier molecular flexibility index (Phi) is 3.27. The van der Waals surface area contributed by atoms with Crippen LogP contribution in [0.2, 0.25) is 0 Å². The van der Waals surface area contributed by atoms with Gasteiger partial charge in [0, 0.05) is 5.92 Å². The molecule has 12 heavy (non-hydrogen) atoms. The average Bonchev–Trinajstić information content (AvgIpc) is 2.04. The molecule has 0 heterocycles. The highest BCUT2D eigenvalue weighted by Gasteiger charge is 2.26. The van der Waals surface area contributed by atoms with Gasteiger partial charge in [-0.1, -0.05) is 0 Å². The van der Waals surface area contributed by atoms with Crippen LogP contribution in [0.1, 0.15) is 39.5 Å². The van der Waals surface area contributed by atoms with Crippen molar-refractivity contribution in [2.24, 2.45) is 11.8 Å². The number of carbonyl (C=O) groups is 1. The molecule has 0 saturated heterocycles. The zero-order chi connectivity index (χ0) is 9.14. The largest absolute Gasteiger partial charge is 0.393 e. The minimum atomic E-state index is -0.196. The van der Waals surface area contributed by atoms with Crippen molar-refractivity contribution in [1.82, 2.24) is 0 Å². The zero-order valence-electron chi connectivity index (χ0n) is 7.92. The van der Waals surface area contributed by atoms with Gasteiger partial charge in [0.1, 0.15) is 5.78 Å². The molecule has 1 N–H and O–H groups in total. The number of Topliss-reactive ketones (excluding diaryl/α,β-unsaturated/α-hetero) is 1. The van der Waals surface area contributed by atoms with E-state index in [1.807, 2.05) is 6.92 Å². The lowest BCUT2D eigenvalue weighted by atomic mass is 9.78. The highest BCUT2D eigenvalue weighted by molar-refractivity contribution is 5.78. The molecule has 0 aromatic heterocycles. The molecule has 2 heteroatoms. The summed E-state index contributed by atoms with van der Waals surface area (Å²) in [7, 11) is 0. The fourth-order valence-corrected chi connectivity index (χ4v) is 2.01. The maximum absolute atomic E-state index is 11.0. The SMILES string of the molecule is CC(=O)C1CCC(C(C)O)CC1. The number of aliphatic hydroxyl groups is 1. The summed E-state index contributed by atoms with van der Waals surface area (Å²) in [6.07, 6.45) is 3.79. The lowest BCUT2D eigenvalue weighted by Crippen LogP contribution is -2.25. The molecular formula is C10H18O2. The molecule has 0 amide bonds. The van der Waals surface area contributed by atoms with Gasteiger partial charge < -0.3 is 5.11 Å². The predicted molar refractivity (Wildman–Crippen MR) is 47.8 cm³/mol. The second-order valence-corrected chi connectivity index (χ2v) is 3.96. The molecule has 0 aliphatic heterocycles. The van der Waals surface area contributed by atoms with Crippen LogP contribution in [0.15, 0.2) is 0 Å². The van der Waals surface area contributed by atoms with Crippen molar-refractivity contribution in [2.75, 3.05) is 0 Å². The van der Waals surface area contributed by atoms with E-state index in [9.17, 15) is 9.90 Å². The molecule has 0 aromatic rings. The first-order valence-electron chi connectivity index (χ1n) is 4.79. The van der Waals surface area contributed by atoms with Gasteiger partial charge in [0.2, 0.25) is 0 Å². The summed E-state index contributed by atoms with van der Waals surface area (Å²) in [4.78, 5) is 11.0. The second kappa shape index (κ2) is 4.04. The standard InChI is InChI=1S/C10H18O2/c1-7(11)9-3-5-10(6-4-9)8(2)12/h7,9-11H,3-6H2,1-2H3. The van der Waals surface area contributed by atoms with E-state index >= 15 is 0 Å². The maximum atomic E-state index is 11.0. The Morgan fingerprint density at radius 2 is 1.83 bits per heavy atom. The van der Waals surface area contributed by atoms with E-state index < -0.39 is 0 Å². The Labute approximate surface area is 74.0 Å². The highest BCUT2D eigenvalue weighted by Crippen LogP contribution is 2.30. The van der Waals surface area contributed by atoms with Crippen LogP contribution in [0.4, 0.5) is 0 Å². The van der Waals surface area contributed by atoms with Crippen LogP contribution in [0.3, 0.4) is 0 Å². The van der Waals surface area contributed by atoms with E-state index in [1.165, 1.54) is 0 Å². The number of ketones is 1. The molecular weight excluding hydrogens is 152 g/mol. The van der Waals surface area contributed by atoms with Crippen LogP contribution in [0, 0.1) is 11.8 Å². The summed E-state index contributed by atoms with van der Waals surface area (Å²) in [5, 5.41) is 9.32. The molecule has 1 aliphatic carbocycles. The fourth-order valence-electron chi connectivity index (χ4n) is 2.01. The topological polar surface area (TPSA) is 37.3 Å². The quantitative estimate of drug-likeness (QED) is 0.685. The van der Waals surface area contributed by atoms with Crippen LogP contribution >= 0.6 is 0 Å². The third-order valence-corrected chi connectivity index (χ3v) is 3.03. The smallest absolute Gasteiger partial charge is 0.132 e. The van der Waals surface area contributed by atoms with E-state index in [4.69, 9.17) is 0 Å². The van der Waals surface area contributed by atoms with Gasteiger partial charge in [0.05, 0.1) is 6.10 Å². The number of aliphatic hydroxyl groups excluding tert-OH is 1. The van der Waals surface area contributed by atoms with Gasteiger partial charge in [-0.25, -0.2) is 0 Å². The zero-order valence-corrected chi connectivity index (χ0v) is 7.92. The van der Waals surface area contributed by atoms with E-state index in [0.717, 1.165) is 25.7 Å². The van der Waals surface area contributed by atoms with E-state index in [2.05, 4.69) is 0 Å². The van der Waals surface area contributed by atoms with Gasteiger partial charge in [-0.15, -0.1) is 0 Å². The van der Waals surface area contributed by atoms with Crippen molar-refractivity contribution in [2.45, 2.75) is 45.6 Å². The third kappa shape index (κ3) is 2.31. The monoisotopic (exact) mass is 170 g/mol. The van der Waals surface area contributed by atoms with Crippen molar-refractivity contribution in [1.29, 1.82) is 0 Å². The van der Waals surface area contributed by atoms with Gasteiger partial charge in [-0.3, -0.25) is 4.79 Å². The Hall–Kier alpha value is -0.370. The summed E-state index contributed by atoms with van der Waals surface area (Å²) < 4.78 is 0. The van der Waals surface area contributed by atoms with Crippen molar-refractivity contribution < 1.29 is 9.90 Å². The molecule has 1 fully saturated rings. The normalized spacial score (nSPS) is 32.9. The molecule has 0 bridgehead atoms. The molecule has 1 aliphatic rings. The van der Waals surface area contributed by atoms with Crippen LogP contribution < -0.4 is 0 Å². The molecule has 0 radical (unpaired) electrons. The summed E-state index contributed by atoms with van der Waals surface area (Å²) in [6, 6.07) is 0. The Morgan fingerprint density at radius 3 is 2.17 bits per heavy atom. The van der Waals surface area contributed by atoms with Crippen molar-refractivity contribution >= 4 is 5.78 Å². The predicted octanol–water partition coefficient (Wildman–Crippen LogP) is 1.76. The van der Waals surface area contributed by atoms with Gasteiger partial charge in [-0.05, 0) is 45.4 Å². The van der Waals surface area contributed by atoms with Crippen LogP contribution in [0.5, 0.6) is 0 Å². The summed E-state index contributed by atoms with van der Waals surface area (Å²) >= 11 is 0. The summed E-state index contributed by atoms with van der Waals surface area (Å²) in [5.41, 5.74) is 0. The van der Waals surface area contributed by atoms with Gasteiger partial charge in [0.25, 0.3) is 0 Å². The van der Waals surface area contributed by atoms with Crippen molar-refractivity contribution in [3.05, 3.63) is 0 Å². The minimum absolute atomic E-state index is 0.196. The number of carbonyl (C=O) groups excluding carboxylic acids is 1. The van der Waals surface area contributed by atoms with Crippen LogP contribution in [-0.4, -0.2) is 17.0 Å². The lowest BCUT2D eigenvalue weighted by molar-refractivity contribution is -0.122. The third-order valence-electron chi connectivity index (χ3n) is 3.03. The van der Waals surface area contributed by atoms with Gasteiger partial charge in [-0.2, -0.15) is 0 Å². The maximum Gasteiger partial charge on any atom is 0.132 e.